The number of ketones is 3. The van der Waals surface area contributed by atoms with Crippen LogP contribution in [0.3, 0.4) is 0 Å². The van der Waals surface area contributed by atoms with E-state index in [1.54, 1.807) is 24.3 Å². The molecular formula is C39H22O3. The van der Waals surface area contributed by atoms with Crippen LogP contribution in [-0.4, -0.2) is 17.3 Å². The Hall–Kier alpha value is -5.41. The first kappa shape index (κ1) is 23.3. The molecule has 196 valence electrons. The van der Waals surface area contributed by atoms with E-state index in [0.29, 0.717) is 33.4 Å². The molecule has 3 nitrogen and oxygen atoms in total. The van der Waals surface area contributed by atoms with Crippen molar-refractivity contribution in [2.75, 3.05) is 0 Å². The van der Waals surface area contributed by atoms with Gasteiger partial charge < -0.3 is 0 Å². The highest BCUT2D eigenvalue weighted by Crippen LogP contribution is 2.69. The lowest BCUT2D eigenvalue weighted by molar-refractivity contribution is -0.122. The van der Waals surface area contributed by atoms with E-state index in [2.05, 4.69) is 24.3 Å². The zero-order valence-electron chi connectivity index (χ0n) is 22.4. The number of Topliss-reactive ketones (excluding diaryl/α,β-unsaturated/α-hetero) is 3. The third-order valence-electron chi connectivity index (χ3n) is 9.65. The molecule has 0 aliphatic heterocycles. The smallest absolute Gasteiger partial charge is 0.191 e. The molecule has 2 atom stereocenters. The van der Waals surface area contributed by atoms with Gasteiger partial charge in [-0.1, -0.05) is 133 Å². The van der Waals surface area contributed by atoms with E-state index in [-0.39, 0.29) is 17.3 Å². The van der Waals surface area contributed by atoms with E-state index < -0.39 is 10.8 Å². The van der Waals surface area contributed by atoms with Crippen molar-refractivity contribution in [3.63, 3.8) is 0 Å². The molecule has 0 N–H and O–H groups in total. The fourth-order valence-corrected chi connectivity index (χ4v) is 8.21. The highest BCUT2D eigenvalue weighted by atomic mass is 16.2. The molecule has 0 aromatic heterocycles. The minimum absolute atomic E-state index is 0.150. The summed E-state index contributed by atoms with van der Waals surface area (Å²) in [7, 11) is 0. The molecule has 3 aliphatic carbocycles. The normalized spacial score (nSPS) is 22.0. The van der Waals surface area contributed by atoms with Crippen LogP contribution in [0.2, 0.25) is 0 Å². The second kappa shape index (κ2) is 7.86. The summed E-state index contributed by atoms with van der Waals surface area (Å²) in [5.74, 6) is -0.653. The molecule has 0 saturated heterocycles. The lowest BCUT2D eigenvalue weighted by Crippen LogP contribution is -2.39. The molecule has 0 amide bonds. The Bertz CT molecular complexity index is 2090. The van der Waals surface area contributed by atoms with Gasteiger partial charge in [-0.25, -0.2) is 0 Å². The Morgan fingerprint density at radius 3 is 1.10 bits per heavy atom. The molecule has 2 unspecified atom stereocenters. The van der Waals surface area contributed by atoms with Crippen LogP contribution >= 0.6 is 0 Å². The van der Waals surface area contributed by atoms with Crippen molar-refractivity contribution in [3.8, 4) is 0 Å². The molecule has 6 aromatic carbocycles. The Balaban J connectivity index is 1.61. The fourth-order valence-electron chi connectivity index (χ4n) is 8.21. The third kappa shape index (κ3) is 2.40. The summed E-state index contributed by atoms with van der Waals surface area (Å²) in [5.41, 5.74) is 1.46. The van der Waals surface area contributed by atoms with Crippen molar-refractivity contribution in [2.24, 2.45) is 0 Å². The number of allylic oxidation sites excluding steroid dienone is 2. The van der Waals surface area contributed by atoms with Crippen LogP contribution in [-0.2, 0) is 15.6 Å². The van der Waals surface area contributed by atoms with E-state index >= 15 is 4.79 Å². The Labute approximate surface area is 241 Å². The first-order chi connectivity index (χ1) is 20.6. The molecule has 42 heavy (non-hydrogen) atoms. The lowest BCUT2D eigenvalue weighted by atomic mass is 9.61. The monoisotopic (exact) mass is 538 g/mol. The van der Waals surface area contributed by atoms with E-state index in [0.717, 1.165) is 32.7 Å². The molecule has 0 fully saturated rings. The number of fused-ring (bicyclic) bond motifs is 13. The highest BCUT2D eigenvalue weighted by molar-refractivity contribution is 6.41. The first-order valence-corrected chi connectivity index (χ1v) is 14.2. The predicted molar refractivity (Wildman–Crippen MR) is 163 cm³/mol. The van der Waals surface area contributed by atoms with Crippen LogP contribution in [0.1, 0.15) is 43.0 Å². The minimum atomic E-state index is -1.45. The minimum Gasteiger partial charge on any atom is -0.296 e. The summed E-state index contributed by atoms with van der Waals surface area (Å²) in [6.07, 6.45) is 0. The average molecular weight is 539 g/mol. The van der Waals surface area contributed by atoms with Crippen LogP contribution in [0.25, 0.3) is 21.5 Å². The van der Waals surface area contributed by atoms with Crippen LogP contribution < -0.4 is 0 Å². The number of rotatable bonds is 2. The van der Waals surface area contributed by atoms with Gasteiger partial charge in [-0.3, -0.25) is 14.4 Å². The Kier molecular flexibility index (Phi) is 4.36. The number of benzene rings is 6. The number of hydrogen-bond donors (Lipinski definition) is 0. The largest absolute Gasteiger partial charge is 0.296 e. The van der Waals surface area contributed by atoms with Crippen molar-refractivity contribution in [1.82, 2.24) is 0 Å². The maximum Gasteiger partial charge on any atom is 0.191 e. The maximum absolute atomic E-state index is 15.8. The standard InChI is InChI=1S/C39H22O3/c40-35-29-21-11-12-22-30(29)36(41)34-33(35)38(23-13-3-1-4-14-23)31-27-19-9-7-17-25(27)26-18-8-10-20-28(26)32(31)39(34,37(38)42)24-15-5-2-6-16-24/h1-22H. The van der Waals surface area contributed by atoms with Gasteiger partial charge in [0.2, 0.25) is 0 Å². The molecule has 6 aromatic rings. The zero-order valence-corrected chi connectivity index (χ0v) is 22.4. The van der Waals surface area contributed by atoms with E-state index in [4.69, 9.17) is 0 Å². The SMILES string of the molecule is O=C1C2=C(C(=O)c3ccccc31)C1(c3ccccc3)C(=O)C2(c2ccccc2)c2c1c1ccccc1c1ccccc21. The van der Waals surface area contributed by atoms with E-state index in [9.17, 15) is 9.59 Å². The summed E-state index contributed by atoms with van der Waals surface area (Å²) >= 11 is 0. The topological polar surface area (TPSA) is 51.2 Å². The van der Waals surface area contributed by atoms with Gasteiger partial charge in [0.25, 0.3) is 0 Å². The van der Waals surface area contributed by atoms with Crippen molar-refractivity contribution < 1.29 is 14.4 Å². The Morgan fingerprint density at radius 1 is 0.357 bits per heavy atom. The molecule has 9 rings (SSSR count). The summed E-state index contributed by atoms with van der Waals surface area (Å²) in [4.78, 5) is 45.4. The lowest BCUT2D eigenvalue weighted by Gasteiger charge is -2.37. The van der Waals surface area contributed by atoms with Crippen LogP contribution in [0.5, 0.6) is 0 Å². The van der Waals surface area contributed by atoms with Gasteiger partial charge >= 0.3 is 0 Å². The summed E-state index contributed by atoms with van der Waals surface area (Å²) in [5, 5.41) is 3.88. The van der Waals surface area contributed by atoms with Gasteiger partial charge in [-0.05, 0) is 43.8 Å². The van der Waals surface area contributed by atoms with Gasteiger partial charge in [0.1, 0.15) is 10.8 Å². The van der Waals surface area contributed by atoms with Crippen LogP contribution in [0.4, 0.5) is 0 Å². The van der Waals surface area contributed by atoms with Gasteiger partial charge in [0.15, 0.2) is 17.3 Å². The molecule has 0 heterocycles. The molecule has 0 saturated carbocycles. The predicted octanol–water partition coefficient (Wildman–Crippen LogP) is 7.54. The quantitative estimate of drug-likeness (QED) is 0.214. The molecule has 0 spiro atoms. The van der Waals surface area contributed by atoms with Crippen LogP contribution in [0, 0.1) is 0 Å². The second-order valence-corrected chi connectivity index (χ2v) is 11.4. The van der Waals surface area contributed by atoms with Gasteiger partial charge in [-0.15, -0.1) is 0 Å². The summed E-state index contributed by atoms with van der Waals surface area (Å²) < 4.78 is 0. The van der Waals surface area contributed by atoms with Crippen LogP contribution in [0.15, 0.2) is 145 Å². The van der Waals surface area contributed by atoms with Crippen molar-refractivity contribution in [1.29, 1.82) is 0 Å². The Morgan fingerprint density at radius 2 is 0.690 bits per heavy atom. The van der Waals surface area contributed by atoms with E-state index in [1.807, 2.05) is 84.9 Å². The fraction of sp³-hybridized carbons (Fsp3) is 0.0513. The van der Waals surface area contributed by atoms with Gasteiger partial charge in [0, 0.05) is 22.3 Å². The number of carbonyl (C=O) groups excluding carboxylic acids is 3. The second-order valence-electron chi connectivity index (χ2n) is 11.4. The van der Waals surface area contributed by atoms with Crippen molar-refractivity contribution in [3.05, 3.63) is 178 Å². The molecular weight excluding hydrogens is 516 g/mol. The summed E-state index contributed by atoms with van der Waals surface area (Å²) in [6.45, 7) is 0. The number of hydrogen-bond acceptors (Lipinski definition) is 3. The molecule has 3 aliphatic rings. The van der Waals surface area contributed by atoms with Crippen molar-refractivity contribution >= 4 is 38.9 Å². The van der Waals surface area contributed by atoms with E-state index in [1.165, 1.54) is 0 Å². The average Bonchev–Trinajstić information content (AvgIpc) is 3.45. The number of carbonyl (C=O) groups is 3. The molecule has 2 bridgehead atoms. The van der Waals surface area contributed by atoms with Gasteiger partial charge in [0.05, 0.1) is 0 Å². The maximum atomic E-state index is 15.8. The molecule has 3 heteroatoms. The first-order valence-electron chi connectivity index (χ1n) is 14.2. The summed E-state index contributed by atoms with van der Waals surface area (Å²) in [6, 6.07) is 42.4. The van der Waals surface area contributed by atoms with Crippen molar-refractivity contribution in [2.45, 2.75) is 10.8 Å². The highest BCUT2D eigenvalue weighted by Gasteiger charge is 2.74. The molecule has 0 radical (unpaired) electrons. The zero-order chi connectivity index (χ0) is 28.2. The third-order valence-corrected chi connectivity index (χ3v) is 9.65. The van der Waals surface area contributed by atoms with Gasteiger partial charge in [-0.2, -0.15) is 0 Å².